The fourth-order valence-corrected chi connectivity index (χ4v) is 3.17. The van der Waals surface area contributed by atoms with Crippen molar-refractivity contribution in [2.75, 3.05) is 0 Å². The summed E-state index contributed by atoms with van der Waals surface area (Å²) < 4.78 is 1.65. The molecule has 0 bridgehead atoms. The van der Waals surface area contributed by atoms with E-state index in [1.807, 2.05) is 6.42 Å². The average Bonchev–Trinajstić information content (AvgIpc) is 3.16. The second kappa shape index (κ2) is 5.14. The van der Waals surface area contributed by atoms with E-state index in [0.717, 1.165) is 44.2 Å². The lowest BCUT2D eigenvalue weighted by Crippen LogP contribution is -2.39. The molecule has 1 radical (unpaired) electrons. The summed E-state index contributed by atoms with van der Waals surface area (Å²) in [5, 5.41) is 17.3. The molecule has 3 rings (SSSR count). The van der Waals surface area contributed by atoms with Crippen LogP contribution in [0.15, 0.2) is 6.20 Å². The maximum Gasteiger partial charge on any atom is 0.223 e. The van der Waals surface area contributed by atoms with Crippen LogP contribution in [-0.4, -0.2) is 20.9 Å². The minimum atomic E-state index is -0.481. The Hall–Kier alpha value is -1.90. The van der Waals surface area contributed by atoms with E-state index in [1.54, 1.807) is 10.9 Å². The molecule has 111 valence electrons. The van der Waals surface area contributed by atoms with Gasteiger partial charge in [-0.2, -0.15) is 5.26 Å². The van der Waals surface area contributed by atoms with Gasteiger partial charge in [-0.05, 0) is 32.1 Å². The van der Waals surface area contributed by atoms with Gasteiger partial charge in [0.2, 0.25) is 5.91 Å². The number of primary amides is 1. The molecule has 2 N–H and O–H groups in total. The van der Waals surface area contributed by atoms with Gasteiger partial charge in [0.1, 0.15) is 0 Å². The summed E-state index contributed by atoms with van der Waals surface area (Å²) in [7, 11) is 0. The number of aromatic nitrogens is 3. The molecule has 0 unspecified atom stereocenters. The van der Waals surface area contributed by atoms with E-state index in [9.17, 15) is 4.79 Å². The summed E-state index contributed by atoms with van der Waals surface area (Å²) in [5.74, 6) is -0.207. The molecule has 1 amide bonds. The van der Waals surface area contributed by atoms with Crippen molar-refractivity contribution >= 4 is 5.91 Å². The first-order chi connectivity index (χ1) is 10.1. The van der Waals surface area contributed by atoms with Gasteiger partial charge < -0.3 is 5.73 Å². The van der Waals surface area contributed by atoms with Crippen LogP contribution in [0.4, 0.5) is 0 Å². The number of hydrogen-bond donors (Lipinski definition) is 1. The third-order valence-corrected chi connectivity index (χ3v) is 4.92. The van der Waals surface area contributed by atoms with E-state index in [2.05, 4.69) is 16.4 Å². The number of carbonyl (C=O) groups is 1. The van der Waals surface area contributed by atoms with Gasteiger partial charge in [0.05, 0.1) is 18.0 Å². The van der Waals surface area contributed by atoms with E-state index in [1.165, 1.54) is 6.42 Å². The molecule has 6 nitrogen and oxygen atoms in total. The van der Waals surface area contributed by atoms with Crippen LogP contribution in [0.3, 0.4) is 0 Å². The van der Waals surface area contributed by atoms with Crippen molar-refractivity contribution < 1.29 is 4.79 Å². The number of nitrogens with zero attached hydrogens (tertiary/aromatic N) is 4. The molecule has 0 aliphatic heterocycles. The number of nitrogens with two attached hydrogens (primary N) is 1. The van der Waals surface area contributed by atoms with E-state index in [0.29, 0.717) is 6.42 Å². The van der Waals surface area contributed by atoms with E-state index in [4.69, 9.17) is 11.0 Å². The van der Waals surface area contributed by atoms with Crippen molar-refractivity contribution in [2.45, 2.75) is 56.9 Å². The largest absolute Gasteiger partial charge is 0.369 e. The van der Waals surface area contributed by atoms with Crippen LogP contribution in [0.25, 0.3) is 0 Å². The number of nitriles is 1. The lowest BCUT2D eigenvalue weighted by Gasteiger charge is -2.33. The van der Waals surface area contributed by atoms with E-state index < -0.39 is 11.0 Å². The van der Waals surface area contributed by atoms with Gasteiger partial charge in [0.25, 0.3) is 0 Å². The standard InChI is InChI=1S/C15H20N5O/c16-11-15(8-9-15)20-10-12(18-19-20)4-7-14(13(17)21)5-2-1-3-6-14/h4,10H,1-3,5-9H2,(H2,17,21). The monoisotopic (exact) mass is 286 g/mol. The highest BCUT2D eigenvalue weighted by Crippen LogP contribution is 2.43. The van der Waals surface area contributed by atoms with Crippen molar-refractivity contribution in [3.05, 3.63) is 18.3 Å². The first kappa shape index (κ1) is 14.1. The van der Waals surface area contributed by atoms with Crippen molar-refractivity contribution in [1.29, 1.82) is 5.26 Å². The number of amides is 1. The van der Waals surface area contributed by atoms with Crippen molar-refractivity contribution in [3.63, 3.8) is 0 Å². The number of rotatable bonds is 5. The summed E-state index contributed by atoms with van der Waals surface area (Å²) >= 11 is 0. The molecule has 21 heavy (non-hydrogen) atoms. The lowest BCUT2D eigenvalue weighted by atomic mass is 9.70. The van der Waals surface area contributed by atoms with Crippen molar-refractivity contribution in [2.24, 2.45) is 11.1 Å². The van der Waals surface area contributed by atoms with Crippen molar-refractivity contribution in [3.8, 4) is 6.07 Å². The second-order valence-electron chi connectivity index (χ2n) is 6.34. The summed E-state index contributed by atoms with van der Waals surface area (Å²) in [5.41, 5.74) is 5.45. The summed E-state index contributed by atoms with van der Waals surface area (Å²) in [6.07, 6.45) is 11.0. The first-order valence-corrected chi connectivity index (χ1v) is 7.58. The molecule has 0 atom stereocenters. The average molecular weight is 286 g/mol. The zero-order valence-electron chi connectivity index (χ0n) is 12.1. The highest BCUT2D eigenvalue weighted by Gasteiger charge is 2.46. The topological polar surface area (TPSA) is 97.6 Å². The zero-order valence-corrected chi connectivity index (χ0v) is 12.1. The fraction of sp³-hybridized carbons (Fsp3) is 0.667. The zero-order chi connectivity index (χ0) is 14.9. The molecule has 1 aromatic rings. The Bertz CT molecular complexity index is 575. The van der Waals surface area contributed by atoms with Gasteiger partial charge in [-0.1, -0.05) is 24.5 Å². The van der Waals surface area contributed by atoms with Gasteiger partial charge in [-0.3, -0.25) is 4.79 Å². The van der Waals surface area contributed by atoms with Crippen LogP contribution < -0.4 is 5.73 Å². The predicted molar refractivity (Wildman–Crippen MR) is 75.6 cm³/mol. The van der Waals surface area contributed by atoms with Gasteiger partial charge in [-0.15, -0.1) is 5.10 Å². The Morgan fingerprint density at radius 2 is 2.10 bits per heavy atom. The summed E-state index contributed by atoms with van der Waals surface area (Å²) in [6, 6.07) is 2.29. The molecule has 2 fully saturated rings. The molecule has 0 saturated heterocycles. The maximum absolute atomic E-state index is 11.8. The van der Waals surface area contributed by atoms with Gasteiger partial charge in [0, 0.05) is 11.8 Å². The minimum absolute atomic E-state index is 0.207. The number of carbonyl (C=O) groups excluding carboxylic acids is 1. The Kier molecular flexibility index (Phi) is 3.44. The van der Waals surface area contributed by atoms with Crippen LogP contribution in [0.2, 0.25) is 0 Å². The van der Waals surface area contributed by atoms with Crippen LogP contribution in [0.1, 0.15) is 57.1 Å². The van der Waals surface area contributed by atoms with Gasteiger partial charge >= 0.3 is 0 Å². The van der Waals surface area contributed by atoms with E-state index in [-0.39, 0.29) is 5.91 Å². The lowest BCUT2D eigenvalue weighted by molar-refractivity contribution is -0.129. The molecular formula is C15H20N5O. The van der Waals surface area contributed by atoms with Crippen LogP contribution >= 0.6 is 0 Å². The summed E-state index contributed by atoms with van der Waals surface area (Å²) in [4.78, 5) is 11.8. The van der Waals surface area contributed by atoms with Crippen LogP contribution in [0, 0.1) is 23.2 Å². The highest BCUT2D eigenvalue weighted by molar-refractivity contribution is 5.81. The Morgan fingerprint density at radius 1 is 1.38 bits per heavy atom. The SMILES string of the molecule is N#CC1(n2cc([CH]CC3(C(N)=O)CCCCC3)nn2)CC1. The maximum atomic E-state index is 11.8. The molecular weight excluding hydrogens is 266 g/mol. The Labute approximate surface area is 124 Å². The van der Waals surface area contributed by atoms with Gasteiger partial charge in [0.15, 0.2) is 5.54 Å². The molecule has 1 aromatic heterocycles. The second-order valence-corrected chi connectivity index (χ2v) is 6.34. The molecule has 2 saturated carbocycles. The smallest absolute Gasteiger partial charge is 0.223 e. The molecule has 2 aliphatic rings. The van der Waals surface area contributed by atoms with Crippen molar-refractivity contribution in [1.82, 2.24) is 15.0 Å². The Morgan fingerprint density at radius 3 is 2.67 bits per heavy atom. The normalized spacial score (nSPS) is 22.4. The molecule has 0 aromatic carbocycles. The molecule has 0 spiro atoms. The van der Waals surface area contributed by atoms with Gasteiger partial charge in [-0.25, -0.2) is 4.68 Å². The molecule has 2 aliphatic carbocycles. The Balaban J connectivity index is 1.67. The van der Waals surface area contributed by atoms with Crippen LogP contribution in [-0.2, 0) is 10.3 Å². The third-order valence-electron chi connectivity index (χ3n) is 4.92. The quantitative estimate of drug-likeness (QED) is 0.890. The fourth-order valence-electron chi connectivity index (χ4n) is 3.17. The number of hydrogen-bond acceptors (Lipinski definition) is 4. The predicted octanol–water partition coefficient (Wildman–Crippen LogP) is 1.67. The molecule has 6 heteroatoms. The highest BCUT2D eigenvalue weighted by atomic mass is 16.1. The first-order valence-electron chi connectivity index (χ1n) is 7.58. The van der Waals surface area contributed by atoms with E-state index >= 15 is 0 Å². The molecule has 1 heterocycles. The third kappa shape index (κ3) is 2.53. The minimum Gasteiger partial charge on any atom is -0.369 e. The van der Waals surface area contributed by atoms with Crippen LogP contribution in [0.5, 0.6) is 0 Å². The summed E-state index contributed by atoms with van der Waals surface area (Å²) in [6.45, 7) is 0.